The Morgan fingerprint density at radius 1 is 1.35 bits per heavy atom. The SMILES string of the molecule is Cc1ncc(CO)c(CNCCCc2ncc[nH]2)c1O. The van der Waals surface area contributed by atoms with Crippen LogP contribution in [-0.2, 0) is 19.6 Å². The lowest BCUT2D eigenvalue weighted by Crippen LogP contribution is -2.17. The van der Waals surface area contributed by atoms with Crippen molar-refractivity contribution in [1.82, 2.24) is 20.3 Å². The first kappa shape index (κ1) is 14.5. The molecule has 2 heterocycles. The van der Waals surface area contributed by atoms with Crippen LogP contribution in [0.15, 0.2) is 18.6 Å². The molecule has 0 unspecified atom stereocenters. The quantitative estimate of drug-likeness (QED) is 0.567. The third kappa shape index (κ3) is 3.55. The van der Waals surface area contributed by atoms with Gasteiger partial charge in [-0.2, -0.15) is 0 Å². The van der Waals surface area contributed by atoms with Crippen molar-refractivity contribution in [3.05, 3.63) is 41.2 Å². The number of aryl methyl sites for hydroxylation is 2. The lowest BCUT2D eigenvalue weighted by molar-refractivity contribution is 0.278. The Kier molecular flexibility index (Phi) is 5.09. The third-order valence-electron chi connectivity index (χ3n) is 3.22. The molecular weight excluding hydrogens is 256 g/mol. The molecule has 20 heavy (non-hydrogen) atoms. The Bertz CT molecular complexity index is 540. The lowest BCUT2D eigenvalue weighted by Gasteiger charge is -2.12. The fourth-order valence-corrected chi connectivity index (χ4v) is 2.05. The molecule has 0 fully saturated rings. The summed E-state index contributed by atoms with van der Waals surface area (Å²) >= 11 is 0. The number of nitrogens with one attached hydrogen (secondary N) is 2. The number of aliphatic hydroxyl groups excluding tert-OH is 1. The summed E-state index contributed by atoms with van der Waals surface area (Å²) in [5.74, 6) is 1.14. The maximum Gasteiger partial charge on any atom is 0.141 e. The molecule has 2 aromatic heterocycles. The van der Waals surface area contributed by atoms with E-state index < -0.39 is 0 Å². The molecule has 2 rings (SSSR count). The molecular formula is C14H20N4O2. The van der Waals surface area contributed by atoms with Crippen LogP contribution in [0.2, 0.25) is 0 Å². The van der Waals surface area contributed by atoms with Gasteiger partial charge in [0, 0.05) is 42.7 Å². The summed E-state index contributed by atoms with van der Waals surface area (Å²) in [6.07, 6.45) is 7.00. The van der Waals surface area contributed by atoms with Gasteiger partial charge in [0.2, 0.25) is 0 Å². The van der Waals surface area contributed by atoms with Crippen molar-refractivity contribution in [3.8, 4) is 5.75 Å². The summed E-state index contributed by atoms with van der Waals surface area (Å²) in [6.45, 7) is 2.96. The van der Waals surface area contributed by atoms with Crippen molar-refractivity contribution in [2.24, 2.45) is 0 Å². The summed E-state index contributed by atoms with van der Waals surface area (Å²) in [5.41, 5.74) is 1.96. The van der Waals surface area contributed by atoms with E-state index in [0.717, 1.165) is 30.8 Å². The van der Waals surface area contributed by atoms with Crippen LogP contribution in [0.3, 0.4) is 0 Å². The first-order chi connectivity index (χ1) is 9.72. The van der Waals surface area contributed by atoms with E-state index in [1.54, 1.807) is 19.3 Å². The number of aromatic nitrogens is 3. The van der Waals surface area contributed by atoms with Crippen LogP contribution < -0.4 is 5.32 Å². The van der Waals surface area contributed by atoms with Gasteiger partial charge in [-0.15, -0.1) is 0 Å². The first-order valence-corrected chi connectivity index (χ1v) is 6.68. The zero-order valence-corrected chi connectivity index (χ0v) is 11.6. The molecule has 6 heteroatoms. The average Bonchev–Trinajstić information content (AvgIpc) is 2.96. The van der Waals surface area contributed by atoms with Crippen LogP contribution in [0.1, 0.15) is 29.1 Å². The van der Waals surface area contributed by atoms with E-state index in [1.807, 2.05) is 6.20 Å². The van der Waals surface area contributed by atoms with Gasteiger partial charge in [-0.1, -0.05) is 0 Å². The summed E-state index contributed by atoms with van der Waals surface area (Å²) in [6, 6.07) is 0. The third-order valence-corrected chi connectivity index (χ3v) is 3.22. The summed E-state index contributed by atoms with van der Waals surface area (Å²) in [5, 5.41) is 22.5. The molecule has 0 aliphatic rings. The summed E-state index contributed by atoms with van der Waals surface area (Å²) in [7, 11) is 0. The summed E-state index contributed by atoms with van der Waals surface area (Å²) < 4.78 is 0. The maximum absolute atomic E-state index is 9.99. The van der Waals surface area contributed by atoms with Gasteiger partial charge < -0.3 is 20.5 Å². The highest BCUT2D eigenvalue weighted by molar-refractivity contribution is 5.40. The minimum Gasteiger partial charge on any atom is -0.506 e. The van der Waals surface area contributed by atoms with Gasteiger partial charge in [0.15, 0.2) is 0 Å². The largest absolute Gasteiger partial charge is 0.506 e. The fraction of sp³-hybridized carbons (Fsp3) is 0.429. The van der Waals surface area contributed by atoms with E-state index in [2.05, 4.69) is 20.3 Å². The van der Waals surface area contributed by atoms with Crippen molar-refractivity contribution in [1.29, 1.82) is 0 Å². The van der Waals surface area contributed by atoms with E-state index in [0.29, 0.717) is 17.8 Å². The lowest BCUT2D eigenvalue weighted by atomic mass is 10.1. The van der Waals surface area contributed by atoms with Gasteiger partial charge in [0.1, 0.15) is 11.6 Å². The number of hydrogen-bond donors (Lipinski definition) is 4. The van der Waals surface area contributed by atoms with Gasteiger partial charge in [-0.25, -0.2) is 4.98 Å². The van der Waals surface area contributed by atoms with Crippen LogP contribution in [-0.4, -0.2) is 31.7 Å². The number of nitrogens with zero attached hydrogens (tertiary/aromatic N) is 2. The van der Waals surface area contributed by atoms with Gasteiger partial charge in [-0.05, 0) is 19.9 Å². The molecule has 0 spiro atoms. The Hall–Kier alpha value is -1.92. The Morgan fingerprint density at radius 3 is 2.90 bits per heavy atom. The number of H-pyrrole nitrogens is 1. The molecule has 0 radical (unpaired) electrons. The van der Waals surface area contributed by atoms with Crippen molar-refractivity contribution < 1.29 is 10.2 Å². The molecule has 0 amide bonds. The second kappa shape index (κ2) is 7.02. The van der Waals surface area contributed by atoms with E-state index >= 15 is 0 Å². The van der Waals surface area contributed by atoms with Crippen LogP contribution in [0.25, 0.3) is 0 Å². The topological polar surface area (TPSA) is 94.1 Å². The first-order valence-electron chi connectivity index (χ1n) is 6.68. The van der Waals surface area contributed by atoms with Crippen molar-refractivity contribution in [2.45, 2.75) is 32.9 Å². The zero-order valence-electron chi connectivity index (χ0n) is 11.6. The van der Waals surface area contributed by atoms with Crippen molar-refractivity contribution in [2.75, 3.05) is 6.54 Å². The van der Waals surface area contributed by atoms with Crippen LogP contribution >= 0.6 is 0 Å². The minimum atomic E-state index is -0.121. The van der Waals surface area contributed by atoms with E-state index in [4.69, 9.17) is 0 Å². The van der Waals surface area contributed by atoms with Crippen LogP contribution in [0.5, 0.6) is 5.75 Å². The predicted molar refractivity (Wildman–Crippen MR) is 75.2 cm³/mol. The van der Waals surface area contributed by atoms with Gasteiger partial charge in [-0.3, -0.25) is 4.98 Å². The molecule has 0 atom stereocenters. The van der Waals surface area contributed by atoms with Gasteiger partial charge in [0.25, 0.3) is 0 Å². The zero-order chi connectivity index (χ0) is 14.4. The fourth-order valence-electron chi connectivity index (χ4n) is 2.05. The molecule has 2 aromatic rings. The molecule has 0 aliphatic carbocycles. The average molecular weight is 276 g/mol. The number of aliphatic hydroxyl groups is 1. The predicted octanol–water partition coefficient (Wildman–Crippen LogP) is 1.03. The van der Waals surface area contributed by atoms with Crippen molar-refractivity contribution in [3.63, 3.8) is 0 Å². The van der Waals surface area contributed by atoms with E-state index in [1.165, 1.54) is 0 Å². The smallest absolute Gasteiger partial charge is 0.141 e. The Labute approximate surface area is 117 Å². The minimum absolute atomic E-state index is 0.121. The number of imidazole rings is 1. The van der Waals surface area contributed by atoms with Crippen LogP contribution in [0.4, 0.5) is 0 Å². The molecule has 0 saturated heterocycles. The molecule has 6 nitrogen and oxygen atoms in total. The Balaban J connectivity index is 1.83. The molecule has 0 bridgehead atoms. The highest BCUT2D eigenvalue weighted by atomic mass is 16.3. The van der Waals surface area contributed by atoms with E-state index in [-0.39, 0.29) is 12.4 Å². The Morgan fingerprint density at radius 2 is 2.20 bits per heavy atom. The van der Waals surface area contributed by atoms with Crippen molar-refractivity contribution >= 4 is 0 Å². The molecule has 108 valence electrons. The number of hydrogen-bond acceptors (Lipinski definition) is 5. The van der Waals surface area contributed by atoms with Crippen LogP contribution in [0, 0.1) is 6.92 Å². The van der Waals surface area contributed by atoms with Gasteiger partial charge >= 0.3 is 0 Å². The molecule has 0 saturated carbocycles. The molecule has 4 N–H and O–H groups in total. The normalized spacial score (nSPS) is 10.9. The molecule has 0 aromatic carbocycles. The monoisotopic (exact) mass is 276 g/mol. The second-order valence-electron chi connectivity index (χ2n) is 4.67. The van der Waals surface area contributed by atoms with Gasteiger partial charge in [0.05, 0.1) is 12.3 Å². The molecule has 0 aliphatic heterocycles. The number of rotatable bonds is 7. The highest BCUT2D eigenvalue weighted by Gasteiger charge is 2.10. The second-order valence-corrected chi connectivity index (χ2v) is 4.67. The van der Waals surface area contributed by atoms with E-state index in [9.17, 15) is 10.2 Å². The summed E-state index contributed by atoms with van der Waals surface area (Å²) in [4.78, 5) is 11.3. The number of aromatic amines is 1. The number of aromatic hydroxyl groups is 1. The number of pyridine rings is 1. The standard InChI is InChI=1S/C14H20N4O2/c1-10-14(20)12(11(9-19)7-18-10)8-15-4-2-3-13-16-5-6-17-13/h5-7,15,19-20H,2-4,8-9H2,1H3,(H,16,17). The maximum atomic E-state index is 9.99. The highest BCUT2D eigenvalue weighted by Crippen LogP contribution is 2.23.